The lowest BCUT2D eigenvalue weighted by atomic mass is 10.2. The molecule has 21 heavy (non-hydrogen) atoms. The predicted molar refractivity (Wildman–Crippen MR) is 84.4 cm³/mol. The van der Waals surface area contributed by atoms with Crippen molar-refractivity contribution in [3.8, 4) is 0 Å². The Balaban J connectivity index is 1.90. The van der Waals surface area contributed by atoms with E-state index in [1.165, 1.54) is 5.52 Å². The minimum absolute atomic E-state index is 0.696. The van der Waals surface area contributed by atoms with Crippen LogP contribution in [0.3, 0.4) is 0 Å². The molecule has 0 saturated heterocycles. The summed E-state index contributed by atoms with van der Waals surface area (Å²) in [6.45, 7) is 5.93. The van der Waals surface area contributed by atoms with Gasteiger partial charge in [-0.3, -0.25) is 0 Å². The molecule has 1 aromatic carbocycles. The zero-order chi connectivity index (χ0) is 14.7. The topological polar surface area (TPSA) is 55.6 Å². The highest BCUT2D eigenvalue weighted by Crippen LogP contribution is 2.18. The Kier molecular flexibility index (Phi) is 3.81. The number of imidazole rings is 1. The fraction of sp³-hybridized carbons (Fsp3) is 0.312. The minimum atomic E-state index is 0.696. The van der Waals surface area contributed by atoms with Crippen LogP contribution in [0.4, 0.5) is 5.82 Å². The molecule has 0 aliphatic rings. The SMILES string of the molecule is CCNc1ccc(Cc2nc3ccccc3n2CC)nn1. The molecule has 3 aromatic rings. The Morgan fingerprint density at radius 2 is 1.90 bits per heavy atom. The third-order valence-corrected chi connectivity index (χ3v) is 3.47. The summed E-state index contributed by atoms with van der Waals surface area (Å²) in [6, 6.07) is 12.2. The number of rotatable bonds is 5. The van der Waals surface area contributed by atoms with E-state index >= 15 is 0 Å². The number of aryl methyl sites for hydroxylation is 1. The van der Waals surface area contributed by atoms with Crippen LogP contribution in [0.5, 0.6) is 0 Å². The molecular formula is C16H19N5. The Morgan fingerprint density at radius 3 is 2.62 bits per heavy atom. The molecule has 5 nitrogen and oxygen atoms in total. The first-order valence-electron chi connectivity index (χ1n) is 7.32. The molecule has 0 aliphatic carbocycles. The van der Waals surface area contributed by atoms with Crippen molar-refractivity contribution in [3.63, 3.8) is 0 Å². The minimum Gasteiger partial charge on any atom is -0.369 e. The summed E-state index contributed by atoms with van der Waals surface area (Å²) >= 11 is 0. The van der Waals surface area contributed by atoms with Gasteiger partial charge in [0.2, 0.25) is 0 Å². The van der Waals surface area contributed by atoms with Crippen LogP contribution in [0.2, 0.25) is 0 Å². The number of hydrogen-bond acceptors (Lipinski definition) is 4. The number of nitrogens with one attached hydrogen (secondary N) is 1. The van der Waals surface area contributed by atoms with Crippen LogP contribution in [0.25, 0.3) is 11.0 Å². The number of para-hydroxylation sites is 2. The molecule has 0 saturated carbocycles. The van der Waals surface area contributed by atoms with Crippen LogP contribution in [0, 0.1) is 0 Å². The van der Waals surface area contributed by atoms with E-state index in [1.54, 1.807) is 0 Å². The highest BCUT2D eigenvalue weighted by atomic mass is 15.2. The van der Waals surface area contributed by atoms with E-state index < -0.39 is 0 Å². The average molecular weight is 281 g/mol. The Morgan fingerprint density at radius 1 is 1.05 bits per heavy atom. The lowest BCUT2D eigenvalue weighted by molar-refractivity contribution is 0.725. The Hall–Kier alpha value is -2.43. The van der Waals surface area contributed by atoms with Crippen LogP contribution >= 0.6 is 0 Å². The van der Waals surface area contributed by atoms with Gasteiger partial charge in [-0.2, -0.15) is 5.10 Å². The number of nitrogens with zero attached hydrogens (tertiary/aromatic N) is 4. The Labute approximate surface area is 124 Å². The quantitative estimate of drug-likeness (QED) is 0.781. The van der Waals surface area contributed by atoms with Crippen LogP contribution in [0.1, 0.15) is 25.4 Å². The summed E-state index contributed by atoms with van der Waals surface area (Å²) in [7, 11) is 0. The number of aromatic nitrogens is 4. The molecule has 0 amide bonds. The first kappa shape index (κ1) is 13.5. The summed E-state index contributed by atoms with van der Waals surface area (Å²) in [5.74, 6) is 1.84. The molecule has 108 valence electrons. The number of benzene rings is 1. The van der Waals surface area contributed by atoms with Crippen molar-refractivity contribution in [1.29, 1.82) is 0 Å². The van der Waals surface area contributed by atoms with E-state index in [2.05, 4.69) is 33.1 Å². The van der Waals surface area contributed by atoms with Gasteiger partial charge in [-0.15, -0.1) is 5.10 Å². The van der Waals surface area contributed by atoms with Crippen molar-refractivity contribution in [3.05, 3.63) is 47.9 Å². The van der Waals surface area contributed by atoms with E-state index in [4.69, 9.17) is 4.98 Å². The number of hydrogen-bond donors (Lipinski definition) is 1. The second-order valence-electron chi connectivity index (χ2n) is 4.88. The van der Waals surface area contributed by atoms with Gasteiger partial charge < -0.3 is 9.88 Å². The monoisotopic (exact) mass is 281 g/mol. The summed E-state index contributed by atoms with van der Waals surface area (Å²) < 4.78 is 2.23. The highest BCUT2D eigenvalue weighted by Gasteiger charge is 2.10. The molecular weight excluding hydrogens is 262 g/mol. The van der Waals surface area contributed by atoms with E-state index in [0.29, 0.717) is 6.42 Å². The lowest BCUT2D eigenvalue weighted by Crippen LogP contribution is -2.06. The second-order valence-corrected chi connectivity index (χ2v) is 4.88. The summed E-state index contributed by atoms with van der Waals surface area (Å²) in [5.41, 5.74) is 3.14. The molecule has 1 N–H and O–H groups in total. The second kappa shape index (κ2) is 5.91. The molecule has 0 unspecified atom stereocenters. The van der Waals surface area contributed by atoms with Crippen LogP contribution in [-0.2, 0) is 13.0 Å². The van der Waals surface area contributed by atoms with Gasteiger partial charge in [0.25, 0.3) is 0 Å². The summed E-state index contributed by atoms with van der Waals surface area (Å²) in [5, 5.41) is 11.6. The van der Waals surface area contributed by atoms with Gasteiger partial charge in [-0.05, 0) is 38.1 Å². The normalized spacial score (nSPS) is 11.0. The molecule has 0 aliphatic heterocycles. The summed E-state index contributed by atoms with van der Waals surface area (Å²) in [6.07, 6.45) is 0.696. The van der Waals surface area contributed by atoms with Crippen LogP contribution in [0.15, 0.2) is 36.4 Å². The van der Waals surface area contributed by atoms with Crippen LogP contribution < -0.4 is 5.32 Å². The van der Waals surface area contributed by atoms with Crippen molar-refractivity contribution in [2.24, 2.45) is 0 Å². The Bertz CT molecular complexity index is 730. The zero-order valence-electron chi connectivity index (χ0n) is 12.4. The third kappa shape index (κ3) is 2.72. The van der Waals surface area contributed by atoms with Crippen molar-refractivity contribution in [2.75, 3.05) is 11.9 Å². The molecule has 0 bridgehead atoms. The third-order valence-electron chi connectivity index (χ3n) is 3.47. The van der Waals surface area contributed by atoms with Crippen molar-refractivity contribution < 1.29 is 0 Å². The van der Waals surface area contributed by atoms with E-state index in [0.717, 1.165) is 35.9 Å². The maximum absolute atomic E-state index is 4.72. The van der Waals surface area contributed by atoms with Gasteiger partial charge >= 0.3 is 0 Å². The van der Waals surface area contributed by atoms with Gasteiger partial charge in [-0.1, -0.05) is 12.1 Å². The predicted octanol–water partition coefficient (Wildman–Crippen LogP) is 2.87. The van der Waals surface area contributed by atoms with Gasteiger partial charge in [0.05, 0.1) is 23.1 Å². The zero-order valence-corrected chi connectivity index (χ0v) is 12.4. The maximum Gasteiger partial charge on any atom is 0.148 e. The number of anilines is 1. The molecule has 0 fully saturated rings. The van der Waals surface area contributed by atoms with Gasteiger partial charge in [-0.25, -0.2) is 4.98 Å². The first-order valence-corrected chi connectivity index (χ1v) is 7.32. The lowest BCUT2D eigenvalue weighted by Gasteiger charge is -2.06. The maximum atomic E-state index is 4.72. The highest BCUT2D eigenvalue weighted by molar-refractivity contribution is 5.75. The van der Waals surface area contributed by atoms with Gasteiger partial charge in [0.15, 0.2) is 0 Å². The fourth-order valence-corrected chi connectivity index (χ4v) is 2.50. The summed E-state index contributed by atoms with van der Waals surface area (Å²) in [4.78, 5) is 4.72. The van der Waals surface area contributed by atoms with E-state index in [9.17, 15) is 0 Å². The van der Waals surface area contributed by atoms with Crippen molar-refractivity contribution in [1.82, 2.24) is 19.7 Å². The molecule has 0 atom stereocenters. The van der Waals surface area contributed by atoms with E-state index in [1.807, 2.05) is 37.3 Å². The molecule has 0 spiro atoms. The van der Waals surface area contributed by atoms with Crippen LogP contribution in [-0.4, -0.2) is 26.3 Å². The molecule has 0 radical (unpaired) electrons. The van der Waals surface area contributed by atoms with Gasteiger partial charge in [0.1, 0.15) is 11.6 Å². The number of fused-ring (bicyclic) bond motifs is 1. The standard InChI is InChI=1S/C16H19N5/c1-3-17-15-10-9-12(19-20-15)11-16-18-13-7-5-6-8-14(13)21(16)4-2/h5-10H,3-4,11H2,1-2H3,(H,17,20). The average Bonchev–Trinajstić information content (AvgIpc) is 2.86. The smallest absolute Gasteiger partial charge is 0.148 e. The van der Waals surface area contributed by atoms with Crippen molar-refractivity contribution >= 4 is 16.9 Å². The molecule has 5 heteroatoms. The fourth-order valence-electron chi connectivity index (χ4n) is 2.50. The molecule has 2 aromatic heterocycles. The molecule has 2 heterocycles. The van der Waals surface area contributed by atoms with E-state index in [-0.39, 0.29) is 0 Å². The largest absolute Gasteiger partial charge is 0.369 e. The van der Waals surface area contributed by atoms with Crippen molar-refractivity contribution in [2.45, 2.75) is 26.8 Å². The van der Waals surface area contributed by atoms with Gasteiger partial charge in [0, 0.05) is 13.1 Å². The first-order chi connectivity index (χ1) is 10.3. The molecule has 3 rings (SSSR count).